The molecule has 0 aliphatic rings. The number of guanidine groups is 1. The lowest BCUT2D eigenvalue weighted by Crippen LogP contribution is -2.38. The Kier molecular flexibility index (Phi) is 9.14. The van der Waals surface area contributed by atoms with Crippen LogP contribution in [0.5, 0.6) is 5.75 Å². The molecule has 0 amide bonds. The summed E-state index contributed by atoms with van der Waals surface area (Å²) in [6, 6.07) is 8.06. The highest BCUT2D eigenvalue weighted by atomic mass is 16.5. The van der Waals surface area contributed by atoms with Gasteiger partial charge in [0.25, 0.3) is 0 Å². The molecule has 23 heavy (non-hydrogen) atoms. The largest absolute Gasteiger partial charge is 0.496 e. The molecule has 0 heterocycles. The SMILES string of the molecule is CCNC(=NCCOCC(C)C)N(C)Cc1ccccc1OC. The van der Waals surface area contributed by atoms with Crippen molar-refractivity contribution in [1.29, 1.82) is 0 Å². The minimum absolute atomic E-state index is 0.556. The first-order chi connectivity index (χ1) is 11.1. The molecule has 5 nitrogen and oxygen atoms in total. The Balaban J connectivity index is 2.61. The molecule has 0 aliphatic carbocycles. The van der Waals surface area contributed by atoms with Crippen molar-refractivity contribution < 1.29 is 9.47 Å². The number of methoxy groups -OCH3 is 1. The van der Waals surface area contributed by atoms with Gasteiger partial charge in [-0.2, -0.15) is 0 Å². The van der Waals surface area contributed by atoms with Crippen LogP contribution in [0.2, 0.25) is 0 Å². The molecule has 1 N–H and O–H groups in total. The van der Waals surface area contributed by atoms with Gasteiger partial charge >= 0.3 is 0 Å². The number of hydrogen-bond acceptors (Lipinski definition) is 3. The highest BCUT2D eigenvalue weighted by Gasteiger charge is 2.09. The monoisotopic (exact) mass is 321 g/mol. The summed E-state index contributed by atoms with van der Waals surface area (Å²) in [5.41, 5.74) is 1.14. The first-order valence-corrected chi connectivity index (χ1v) is 8.27. The van der Waals surface area contributed by atoms with Gasteiger partial charge in [0.2, 0.25) is 0 Å². The van der Waals surface area contributed by atoms with Gasteiger partial charge < -0.3 is 19.7 Å². The average Bonchev–Trinajstić information content (AvgIpc) is 2.53. The lowest BCUT2D eigenvalue weighted by atomic mass is 10.2. The molecule has 0 bridgehead atoms. The van der Waals surface area contributed by atoms with Crippen molar-refractivity contribution in [3.63, 3.8) is 0 Å². The third kappa shape index (κ3) is 7.37. The second-order valence-corrected chi connectivity index (χ2v) is 5.87. The van der Waals surface area contributed by atoms with Gasteiger partial charge in [0.05, 0.1) is 20.3 Å². The third-order valence-electron chi connectivity index (χ3n) is 3.24. The number of rotatable bonds is 9. The van der Waals surface area contributed by atoms with Crippen molar-refractivity contribution in [2.24, 2.45) is 10.9 Å². The summed E-state index contributed by atoms with van der Waals surface area (Å²) in [5.74, 6) is 2.34. The van der Waals surface area contributed by atoms with Gasteiger partial charge in [0.15, 0.2) is 5.96 Å². The Morgan fingerprint density at radius 2 is 2.04 bits per heavy atom. The van der Waals surface area contributed by atoms with E-state index in [4.69, 9.17) is 9.47 Å². The predicted octanol–water partition coefficient (Wildman–Crippen LogP) is 2.77. The summed E-state index contributed by atoms with van der Waals surface area (Å²) in [4.78, 5) is 6.73. The highest BCUT2D eigenvalue weighted by molar-refractivity contribution is 5.79. The quantitative estimate of drug-likeness (QED) is 0.431. The zero-order valence-corrected chi connectivity index (χ0v) is 15.1. The third-order valence-corrected chi connectivity index (χ3v) is 3.24. The molecule has 0 saturated heterocycles. The topological polar surface area (TPSA) is 46.1 Å². The van der Waals surface area contributed by atoms with Gasteiger partial charge in [-0.05, 0) is 18.9 Å². The molecule has 130 valence electrons. The summed E-state index contributed by atoms with van der Waals surface area (Å²) in [6.45, 7) is 10.0. The Labute approximate surface area is 140 Å². The van der Waals surface area contributed by atoms with Crippen molar-refractivity contribution in [3.8, 4) is 5.75 Å². The molecule has 0 atom stereocenters. The minimum atomic E-state index is 0.556. The molecule has 0 spiro atoms. The fraction of sp³-hybridized carbons (Fsp3) is 0.611. The number of nitrogens with one attached hydrogen (secondary N) is 1. The van der Waals surface area contributed by atoms with Gasteiger partial charge in [-0.15, -0.1) is 0 Å². The first kappa shape index (κ1) is 19.3. The van der Waals surface area contributed by atoms with E-state index >= 15 is 0 Å². The van der Waals surface area contributed by atoms with Crippen molar-refractivity contribution in [1.82, 2.24) is 10.2 Å². The molecule has 0 aliphatic heterocycles. The maximum absolute atomic E-state index is 5.58. The number of aliphatic imine (C=N–C) groups is 1. The van der Waals surface area contributed by atoms with Crippen LogP contribution in [-0.2, 0) is 11.3 Å². The molecule has 5 heteroatoms. The van der Waals surface area contributed by atoms with Crippen LogP contribution in [0, 0.1) is 5.92 Å². The summed E-state index contributed by atoms with van der Waals surface area (Å²) >= 11 is 0. The fourth-order valence-electron chi connectivity index (χ4n) is 2.17. The molecule has 1 aromatic rings. The molecule has 0 fully saturated rings. The Bertz CT molecular complexity index is 475. The van der Waals surface area contributed by atoms with Gasteiger partial charge in [-0.25, -0.2) is 0 Å². The molecule has 0 unspecified atom stereocenters. The van der Waals surface area contributed by atoms with E-state index in [1.165, 1.54) is 0 Å². The van der Waals surface area contributed by atoms with E-state index < -0.39 is 0 Å². The lowest BCUT2D eigenvalue weighted by Gasteiger charge is -2.23. The number of benzene rings is 1. The molecule has 1 aromatic carbocycles. The molecule has 1 rings (SSSR count). The van der Waals surface area contributed by atoms with E-state index in [2.05, 4.69) is 42.0 Å². The second-order valence-electron chi connectivity index (χ2n) is 5.87. The predicted molar refractivity (Wildman–Crippen MR) is 96.1 cm³/mol. The molecule has 0 aromatic heterocycles. The van der Waals surface area contributed by atoms with Crippen molar-refractivity contribution in [2.75, 3.05) is 40.5 Å². The Hall–Kier alpha value is -1.75. The molecular weight excluding hydrogens is 290 g/mol. The standard InChI is InChI=1S/C18H31N3O2/c1-6-19-18(20-11-12-23-14-15(2)3)21(4)13-16-9-7-8-10-17(16)22-5/h7-10,15H,6,11-14H2,1-5H3,(H,19,20). The maximum atomic E-state index is 5.58. The highest BCUT2D eigenvalue weighted by Crippen LogP contribution is 2.18. The van der Waals surface area contributed by atoms with Crippen molar-refractivity contribution in [2.45, 2.75) is 27.3 Å². The summed E-state index contributed by atoms with van der Waals surface area (Å²) in [6.07, 6.45) is 0. The van der Waals surface area contributed by atoms with Gasteiger partial charge in [-0.1, -0.05) is 32.0 Å². The Morgan fingerprint density at radius 1 is 1.30 bits per heavy atom. The van der Waals surface area contributed by atoms with E-state index in [0.29, 0.717) is 19.1 Å². The van der Waals surface area contributed by atoms with Crippen LogP contribution in [0.4, 0.5) is 0 Å². The summed E-state index contributed by atoms with van der Waals surface area (Å²) in [5, 5.41) is 3.32. The zero-order valence-electron chi connectivity index (χ0n) is 15.1. The van der Waals surface area contributed by atoms with E-state index in [-0.39, 0.29) is 0 Å². The smallest absolute Gasteiger partial charge is 0.194 e. The first-order valence-electron chi connectivity index (χ1n) is 8.27. The van der Waals surface area contributed by atoms with Crippen LogP contribution >= 0.6 is 0 Å². The zero-order chi connectivity index (χ0) is 17.1. The van der Waals surface area contributed by atoms with E-state index in [0.717, 1.165) is 37.0 Å². The normalized spacial score (nSPS) is 11.7. The number of ether oxygens (including phenoxy) is 2. The van der Waals surface area contributed by atoms with E-state index in [1.54, 1.807) is 7.11 Å². The number of nitrogens with zero attached hydrogens (tertiary/aromatic N) is 2. The van der Waals surface area contributed by atoms with Gasteiger partial charge in [-0.3, -0.25) is 4.99 Å². The lowest BCUT2D eigenvalue weighted by molar-refractivity contribution is 0.116. The van der Waals surface area contributed by atoms with Crippen LogP contribution in [-0.4, -0.2) is 51.3 Å². The second kappa shape index (κ2) is 10.9. The van der Waals surface area contributed by atoms with E-state index in [9.17, 15) is 0 Å². The molecule has 0 radical (unpaired) electrons. The van der Waals surface area contributed by atoms with Gasteiger partial charge in [0, 0.05) is 32.3 Å². The van der Waals surface area contributed by atoms with Crippen LogP contribution in [0.1, 0.15) is 26.3 Å². The van der Waals surface area contributed by atoms with Crippen LogP contribution in [0.3, 0.4) is 0 Å². The van der Waals surface area contributed by atoms with Crippen LogP contribution < -0.4 is 10.1 Å². The van der Waals surface area contributed by atoms with Crippen LogP contribution in [0.15, 0.2) is 29.3 Å². The summed E-state index contributed by atoms with van der Waals surface area (Å²) in [7, 11) is 3.73. The Morgan fingerprint density at radius 3 is 2.70 bits per heavy atom. The van der Waals surface area contributed by atoms with Crippen LogP contribution in [0.25, 0.3) is 0 Å². The summed E-state index contributed by atoms with van der Waals surface area (Å²) < 4.78 is 11.0. The molecular formula is C18H31N3O2. The van der Waals surface area contributed by atoms with Crippen molar-refractivity contribution >= 4 is 5.96 Å². The van der Waals surface area contributed by atoms with Gasteiger partial charge in [0.1, 0.15) is 5.75 Å². The maximum Gasteiger partial charge on any atom is 0.194 e. The number of para-hydroxylation sites is 1. The minimum Gasteiger partial charge on any atom is -0.496 e. The fourth-order valence-corrected chi connectivity index (χ4v) is 2.17. The number of hydrogen-bond donors (Lipinski definition) is 1. The molecule has 0 saturated carbocycles. The van der Waals surface area contributed by atoms with Crippen molar-refractivity contribution in [3.05, 3.63) is 29.8 Å². The van der Waals surface area contributed by atoms with E-state index in [1.807, 2.05) is 25.2 Å². The average molecular weight is 321 g/mol.